The van der Waals surface area contributed by atoms with Crippen molar-refractivity contribution >= 4 is 39.1 Å². The molecule has 0 aromatic heterocycles. The van der Waals surface area contributed by atoms with Crippen molar-refractivity contribution in [2.24, 2.45) is 0 Å². The molecule has 0 bridgehead atoms. The van der Waals surface area contributed by atoms with E-state index in [1.807, 2.05) is 75.4 Å². The summed E-state index contributed by atoms with van der Waals surface area (Å²) in [5.41, 5.74) is 4.06. The Morgan fingerprint density at radius 1 is 0.795 bits per heavy atom. The van der Waals surface area contributed by atoms with Gasteiger partial charge in [0.25, 0.3) is 10.0 Å². The minimum atomic E-state index is -4.18. The molecule has 0 aliphatic carbocycles. The number of hydrogen-bond acceptors (Lipinski definition) is 4. The van der Waals surface area contributed by atoms with E-state index in [1.54, 1.807) is 24.3 Å². The van der Waals surface area contributed by atoms with Gasteiger partial charge in [-0.15, -0.1) is 0 Å². The summed E-state index contributed by atoms with van der Waals surface area (Å²) in [7, 11) is -4.18. The maximum Gasteiger partial charge on any atom is 0.264 e. The molecule has 0 radical (unpaired) electrons. The van der Waals surface area contributed by atoms with E-state index in [0.717, 1.165) is 33.0 Å². The predicted molar refractivity (Wildman–Crippen MR) is 176 cm³/mol. The highest BCUT2D eigenvalue weighted by Gasteiger charge is 2.34. The van der Waals surface area contributed by atoms with Crippen LogP contribution in [0.3, 0.4) is 0 Å². The van der Waals surface area contributed by atoms with Crippen molar-refractivity contribution in [3.8, 4) is 0 Å². The van der Waals surface area contributed by atoms with E-state index in [0.29, 0.717) is 17.3 Å². The Balaban J connectivity index is 1.78. The zero-order valence-electron chi connectivity index (χ0n) is 25.2. The number of anilines is 1. The van der Waals surface area contributed by atoms with Crippen molar-refractivity contribution in [1.29, 1.82) is 0 Å². The standard InChI is InChI=1S/C35H38ClN3O4S/c1-4-22-37-35(41)33(23-28-8-6-5-7-9-28)38(24-29-14-10-26(2)11-15-29)34(40)25-39(31-18-12-27(3)13-19-31)44(42,43)32-20-16-30(36)17-21-32/h5-21,33H,4,22-25H2,1-3H3,(H,37,41)/t33-/m1/s1. The molecule has 1 N–H and O–H groups in total. The van der Waals surface area contributed by atoms with Crippen molar-refractivity contribution in [2.45, 2.75) is 51.1 Å². The molecule has 4 rings (SSSR count). The summed E-state index contributed by atoms with van der Waals surface area (Å²) < 4.78 is 29.2. The third kappa shape index (κ3) is 8.49. The van der Waals surface area contributed by atoms with Gasteiger partial charge in [-0.25, -0.2) is 8.42 Å². The first-order valence-electron chi connectivity index (χ1n) is 14.6. The second-order valence-corrected chi connectivity index (χ2v) is 13.1. The fourth-order valence-electron chi connectivity index (χ4n) is 4.78. The molecule has 7 nitrogen and oxygen atoms in total. The largest absolute Gasteiger partial charge is 0.354 e. The van der Waals surface area contributed by atoms with E-state index < -0.39 is 28.5 Å². The first-order valence-corrected chi connectivity index (χ1v) is 16.4. The molecular weight excluding hydrogens is 594 g/mol. The van der Waals surface area contributed by atoms with Crippen LogP contribution in [0.2, 0.25) is 5.02 Å². The Morgan fingerprint density at radius 3 is 1.98 bits per heavy atom. The van der Waals surface area contributed by atoms with Crippen LogP contribution in [0.15, 0.2) is 108 Å². The highest BCUT2D eigenvalue weighted by atomic mass is 35.5. The normalized spacial score (nSPS) is 11.9. The first-order chi connectivity index (χ1) is 21.1. The smallest absolute Gasteiger partial charge is 0.264 e. The lowest BCUT2D eigenvalue weighted by Crippen LogP contribution is -2.53. The van der Waals surface area contributed by atoms with Crippen molar-refractivity contribution < 1.29 is 18.0 Å². The topological polar surface area (TPSA) is 86.8 Å². The van der Waals surface area contributed by atoms with Gasteiger partial charge in [0.1, 0.15) is 12.6 Å². The number of nitrogens with zero attached hydrogens (tertiary/aromatic N) is 2. The van der Waals surface area contributed by atoms with Crippen LogP contribution >= 0.6 is 11.6 Å². The highest BCUT2D eigenvalue weighted by molar-refractivity contribution is 7.92. The fourth-order valence-corrected chi connectivity index (χ4v) is 6.32. The maximum absolute atomic E-state index is 14.4. The summed E-state index contributed by atoms with van der Waals surface area (Å²) >= 11 is 6.05. The molecule has 9 heteroatoms. The lowest BCUT2D eigenvalue weighted by atomic mass is 10.0. The van der Waals surface area contributed by atoms with Crippen molar-refractivity contribution in [1.82, 2.24) is 10.2 Å². The number of carbonyl (C=O) groups is 2. The molecule has 0 saturated heterocycles. The van der Waals surface area contributed by atoms with Crippen molar-refractivity contribution in [2.75, 3.05) is 17.4 Å². The molecule has 1 atom stereocenters. The van der Waals surface area contributed by atoms with E-state index in [4.69, 9.17) is 11.6 Å². The molecule has 2 amide bonds. The van der Waals surface area contributed by atoms with Gasteiger partial charge in [0.15, 0.2) is 0 Å². The molecule has 0 saturated carbocycles. The second kappa shape index (κ2) is 15.0. The van der Waals surface area contributed by atoms with E-state index in [1.165, 1.54) is 29.2 Å². The SMILES string of the molecule is CCCNC(=O)[C@@H](Cc1ccccc1)N(Cc1ccc(C)cc1)C(=O)CN(c1ccc(C)cc1)S(=O)(=O)c1ccc(Cl)cc1. The van der Waals surface area contributed by atoms with Crippen LogP contribution in [0.5, 0.6) is 0 Å². The number of sulfonamides is 1. The van der Waals surface area contributed by atoms with E-state index in [2.05, 4.69) is 5.32 Å². The Bertz CT molecular complexity index is 1640. The average Bonchev–Trinajstić information content (AvgIpc) is 3.02. The number of rotatable bonds is 13. The number of aryl methyl sites for hydroxylation is 2. The Morgan fingerprint density at radius 2 is 1.39 bits per heavy atom. The number of benzene rings is 4. The van der Waals surface area contributed by atoms with Crippen molar-refractivity contribution in [3.05, 3.63) is 130 Å². The van der Waals surface area contributed by atoms with Gasteiger partial charge in [-0.1, -0.05) is 96.4 Å². The number of amides is 2. The third-order valence-electron chi connectivity index (χ3n) is 7.30. The molecule has 44 heavy (non-hydrogen) atoms. The number of nitrogens with one attached hydrogen (secondary N) is 1. The number of hydrogen-bond donors (Lipinski definition) is 1. The van der Waals surface area contributed by atoms with Gasteiger partial charge in [-0.2, -0.15) is 0 Å². The molecular formula is C35H38ClN3O4S. The first kappa shape index (κ1) is 32.8. The summed E-state index contributed by atoms with van der Waals surface area (Å²) in [6.07, 6.45) is 0.999. The average molecular weight is 632 g/mol. The lowest BCUT2D eigenvalue weighted by molar-refractivity contribution is -0.140. The predicted octanol–water partition coefficient (Wildman–Crippen LogP) is 6.32. The fraction of sp³-hybridized carbons (Fsp3) is 0.257. The van der Waals surface area contributed by atoms with Gasteiger partial charge in [0.05, 0.1) is 10.6 Å². The molecule has 4 aromatic rings. The van der Waals surface area contributed by atoms with Crippen LogP contribution in [0.25, 0.3) is 0 Å². The highest BCUT2D eigenvalue weighted by Crippen LogP contribution is 2.26. The monoisotopic (exact) mass is 631 g/mol. The summed E-state index contributed by atoms with van der Waals surface area (Å²) in [6, 6.07) is 29.1. The Hall–Kier alpha value is -4.14. The second-order valence-electron chi connectivity index (χ2n) is 10.8. The third-order valence-corrected chi connectivity index (χ3v) is 9.34. The van der Waals surface area contributed by atoms with Crippen LogP contribution in [0.1, 0.15) is 35.6 Å². The van der Waals surface area contributed by atoms with Gasteiger partial charge in [0.2, 0.25) is 11.8 Å². The minimum Gasteiger partial charge on any atom is -0.354 e. The zero-order valence-corrected chi connectivity index (χ0v) is 26.8. The van der Waals surface area contributed by atoms with Crippen LogP contribution in [0, 0.1) is 13.8 Å². The van der Waals surface area contributed by atoms with Crippen molar-refractivity contribution in [3.63, 3.8) is 0 Å². The van der Waals surface area contributed by atoms with Crippen LogP contribution in [0.4, 0.5) is 5.69 Å². The summed E-state index contributed by atoms with van der Waals surface area (Å²) in [4.78, 5) is 29.6. The van der Waals surface area contributed by atoms with E-state index in [9.17, 15) is 18.0 Å². The molecule has 230 valence electrons. The molecule has 0 fully saturated rings. The molecule has 0 aliphatic rings. The summed E-state index contributed by atoms with van der Waals surface area (Å²) in [5.74, 6) is -0.796. The van der Waals surface area contributed by atoms with Crippen LogP contribution in [-0.4, -0.2) is 44.3 Å². The molecule has 0 heterocycles. The molecule has 0 spiro atoms. The quantitative estimate of drug-likeness (QED) is 0.187. The van der Waals surface area contributed by atoms with Gasteiger partial charge < -0.3 is 10.2 Å². The summed E-state index contributed by atoms with van der Waals surface area (Å²) in [5, 5.41) is 3.35. The van der Waals surface area contributed by atoms with Crippen LogP contribution < -0.4 is 9.62 Å². The molecule has 4 aromatic carbocycles. The molecule has 0 unspecified atom stereocenters. The zero-order chi connectivity index (χ0) is 31.7. The minimum absolute atomic E-state index is 0.00174. The number of carbonyl (C=O) groups excluding carboxylic acids is 2. The van der Waals surface area contributed by atoms with Crippen LogP contribution in [-0.2, 0) is 32.6 Å². The Labute approximate surface area is 265 Å². The summed E-state index contributed by atoms with van der Waals surface area (Å²) in [6.45, 7) is 5.91. The van der Waals surface area contributed by atoms with Gasteiger partial charge in [-0.3, -0.25) is 13.9 Å². The van der Waals surface area contributed by atoms with Gasteiger partial charge in [0, 0.05) is 24.5 Å². The van der Waals surface area contributed by atoms with Gasteiger partial charge in [-0.05, 0) is 67.8 Å². The Kier molecular flexibility index (Phi) is 11.2. The van der Waals surface area contributed by atoms with E-state index >= 15 is 0 Å². The van der Waals surface area contributed by atoms with Gasteiger partial charge >= 0.3 is 0 Å². The van der Waals surface area contributed by atoms with E-state index in [-0.39, 0.29) is 23.8 Å². The molecule has 0 aliphatic heterocycles. The lowest BCUT2D eigenvalue weighted by Gasteiger charge is -2.34. The number of halogens is 1. The maximum atomic E-state index is 14.4.